The Bertz CT molecular complexity index is 248. The Morgan fingerprint density at radius 2 is 1.00 bits per heavy atom. The maximum Gasteiger partial charge on any atom is 1.00 e. The van der Waals surface area contributed by atoms with Crippen LogP contribution in [0.25, 0.3) is 0 Å². The van der Waals surface area contributed by atoms with Crippen molar-refractivity contribution in [1.29, 1.82) is 0 Å². The second-order valence-corrected chi connectivity index (χ2v) is 2.97. The fourth-order valence-corrected chi connectivity index (χ4v) is 0.632. The zero-order chi connectivity index (χ0) is 8.41. The van der Waals surface area contributed by atoms with Gasteiger partial charge in [0.05, 0.1) is 0 Å². The van der Waals surface area contributed by atoms with Gasteiger partial charge < -0.3 is 0 Å². The number of hydrogen-bond donors (Lipinski definition) is 2. The largest absolute Gasteiger partial charge is 1.00 e. The van der Waals surface area contributed by atoms with Crippen LogP contribution in [0, 0.1) is 0 Å². The molecule has 0 aliphatic heterocycles. The van der Waals surface area contributed by atoms with Crippen molar-refractivity contribution >= 4 is 20.8 Å². The van der Waals surface area contributed by atoms with E-state index < -0.39 is 20.8 Å². The van der Waals surface area contributed by atoms with Crippen LogP contribution in [0.3, 0.4) is 0 Å². The first kappa shape index (κ1) is 14.9. The van der Waals surface area contributed by atoms with Crippen molar-refractivity contribution in [2.75, 3.05) is 0 Å². The second kappa shape index (κ2) is 5.18. The van der Waals surface area contributed by atoms with E-state index in [4.69, 9.17) is 9.11 Å². The Hall–Kier alpha value is 1.38. The summed E-state index contributed by atoms with van der Waals surface area (Å²) >= 11 is 0. The van der Waals surface area contributed by atoms with E-state index in [2.05, 4.69) is 8.67 Å². The van der Waals surface area contributed by atoms with Crippen LogP contribution in [-0.4, -0.2) is 25.9 Å². The summed E-state index contributed by atoms with van der Waals surface area (Å²) in [6.07, 6.45) is 0. The van der Waals surface area contributed by atoms with Gasteiger partial charge in [0.2, 0.25) is 0 Å². The molecule has 62 valence electrons. The van der Waals surface area contributed by atoms with Gasteiger partial charge in [0.1, 0.15) is 0 Å². The monoisotopic (exact) mass is 233 g/mol. The third-order valence-corrected chi connectivity index (χ3v) is 0.766. The average Bonchev–Trinajstić information content (AvgIpc) is 1.57. The fourth-order valence-electron chi connectivity index (χ4n) is 0.0702. The molecule has 2 N–H and O–H groups in total. The Labute approximate surface area is 105 Å². The van der Waals surface area contributed by atoms with Crippen LogP contribution in [-0.2, 0) is 29.5 Å². The van der Waals surface area contributed by atoms with Crippen molar-refractivity contribution < 1.29 is 86.0 Å². The van der Waals surface area contributed by atoms with E-state index in [0.717, 1.165) is 0 Å². The molecule has 0 aliphatic rings. The Balaban J connectivity index is 0. The predicted molar refractivity (Wildman–Crippen MR) is 25.3 cm³/mol. The molecule has 11 heteroatoms. The fraction of sp³-hybridized carbons (Fsp3) is 0. The van der Waals surface area contributed by atoms with E-state index >= 15 is 0 Å². The summed E-state index contributed by atoms with van der Waals surface area (Å²) < 4.78 is 58.9. The van der Waals surface area contributed by atoms with Crippen molar-refractivity contribution in [3.05, 3.63) is 0 Å². The molecule has 0 atom stereocenters. The van der Waals surface area contributed by atoms with Gasteiger partial charge in [-0.3, -0.25) is 9.11 Å². The molecule has 8 nitrogen and oxygen atoms in total. The van der Waals surface area contributed by atoms with Gasteiger partial charge in [0, 0.05) is 0 Å². The summed E-state index contributed by atoms with van der Waals surface area (Å²) in [5.74, 6) is 0. The molecule has 0 heterocycles. The van der Waals surface area contributed by atoms with Crippen molar-refractivity contribution in [3.63, 3.8) is 0 Å². The van der Waals surface area contributed by atoms with Crippen LogP contribution in [0.2, 0.25) is 0 Å². The van der Waals surface area contributed by atoms with E-state index in [1.54, 1.807) is 0 Å². The third kappa shape index (κ3) is 14.3. The van der Waals surface area contributed by atoms with Crippen LogP contribution < -0.4 is 51.4 Å². The second-order valence-electron chi connectivity index (χ2n) is 0.992. The summed E-state index contributed by atoms with van der Waals surface area (Å²) in [7, 11) is -10.0. The molecule has 0 saturated carbocycles. The van der Waals surface area contributed by atoms with E-state index in [1.807, 2.05) is 0 Å². The van der Waals surface area contributed by atoms with E-state index in [9.17, 15) is 16.8 Å². The summed E-state index contributed by atoms with van der Waals surface area (Å²) in [6, 6.07) is 0. The first-order valence-electron chi connectivity index (χ1n) is 1.53. The Kier molecular flexibility index (Phi) is 7.01. The van der Waals surface area contributed by atoms with Gasteiger partial charge in [-0.2, -0.15) is 16.8 Å². The summed E-state index contributed by atoms with van der Waals surface area (Å²) in [5, 5.41) is 0. The number of hydrogen-bond acceptors (Lipinski definition) is 6. The van der Waals surface area contributed by atoms with Gasteiger partial charge in [0.15, 0.2) is 0 Å². The molecule has 0 radical (unpaired) electrons. The molecule has 0 amide bonds. The van der Waals surface area contributed by atoms with Crippen molar-refractivity contribution in [1.82, 2.24) is 0 Å². The molecular formula is H2KO8S2+. The molecule has 0 aromatic rings. The van der Waals surface area contributed by atoms with Crippen molar-refractivity contribution in [2.24, 2.45) is 0 Å². The minimum absolute atomic E-state index is 0. The molecule has 0 bridgehead atoms. The van der Waals surface area contributed by atoms with Crippen LogP contribution in [0.4, 0.5) is 0 Å². The zero-order valence-electron chi connectivity index (χ0n) is 5.16. The van der Waals surface area contributed by atoms with Gasteiger partial charge in [-0.25, -0.2) is 0 Å². The molecule has 0 fully saturated rings. The summed E-state index contributed by atoms with van der Waals surface area (Å²) in [6.45, 7) is 0. The van der Waals surface area contributed by atoms with Gasteiger partial charge >= 0.3 is 72.2 Å². The minimum Gasteiger partial charge on any atom is -0.262 e. The van der Waals surface area contributed by atoms with Crippen LogP contribution in [0.15, 0.2) is 0 Å². The first-order chi connectivity index (χ1) is 4.21. The van der Waals surface area contributed by atoms with Crippen LogP contribution >= 0.6 is 0 Å². The van der Waals surface area contributed by atoms with Gasteiger partial charge in [0.25, 0.3) is 0 Å². The molecule has 11 heavy (non-hydrogen) atoms. The topological polar surface area (TPSA) is 127 Å². The summed E-state index contributed by atoms with van der Waals surface area (Å²) in [4.78, 5) is 0. The van der Waals surface area contributed by atoms with Crippen molar-refractivity contribution in [3.8, 4) is 0 Å². The molecule has 0 spiro atoms. The SMILES string of the molecule is O=S(=O)(O)OOS(=O)(=O)O.[K+]. The van der Waals surface area contributed by atoms with E-state index in [0.29, 0.717) is 0 Å². The van der Waals surface area contributed by atoms with E-state index in [-0.39, 0.29) is 51.4 Å². The van der Waals surface area contributed by atoms with Gasteiger partial charge in [-0.05, 0) is 0 Å². The van der Waals surface area contributed by atoms with Gasteiger partial charge in [-0.1, -0.05) is 8.67 Å². The van der Waals surface area contributed by atoms with Crippen LogP contribution in [0.1, 0.15) is 0 Å². The number of rotatable bonds is 3. The standard InChI is InChI=1S/K.H2O8S2/c;1-9(2,3)7-8-10(4,5)6/h;(H,1,2,3)(H,4,5,6)/q+1;. The van der Waals surface area contributed by atoms with Crippen LogP contribution in [0.5, 0.6) is 0 Å². The quantitative estimate of drug-likeness (QED) is 0.216. The van der Waals surface area contributed by atoms with Crippen molar-refractivity contribution in [2.45, 2.75) is 0 Å². The molecule has 0 aliphatic carbocycles. The third-order valence-electron chi connectivity index (χ3n) is 0.200. The Morgan fingerprint density at radius 1 is 0.818 bits per heavy atom. The van der Waals surface area contributed by atoms with E-state index in [1.165, 1.54) is 0 Å². The molecule has 0 aromatic carbocycles. The molecular weight excluding hydrogens is 231 g/mol. The van der Waals surface area contributed by atoms with Gasteiger partial charge in [-0.15, -0.1) is 0 Å². The minimum atomic E-state index is -5.02. The molecule has 0 unspecified atom stereocenters. The maximum absolute atomic E-state index is 9.51. The normalized spacial score (nSPS) is 12.2. The Morgan fingerprint density at radius 3 is 1.09 bits per heavy atom. The summed E-state index contributed by atoms with van der Waals surface area (Å²) in [5.41, 5.74) is 0. The zero-order valence-corrected chi connectivity index (χ0v) is 9.92. The average molecular weight is 233 g/mol. The molecule has 0 rings (SSSR count). The molecule has 0 saturated heterocycles. The first-order valence-corrected chi connectivity index (χ1v) is 4.26. The maximum atomic E-state index is 9.51. The molecule has 0 aromatic heterocycles. The predicted octanol–water partition coefficient (Wildman–Crippen LogP) is -4.46. The smallest absolute Gasteiger partial charge is 0.262 e.